The summed E-state index contributed by atoms with van der Waals surface area (Å²) in [5, 5.41) is 3.06. The summed E-state index contributed by atoms with van der Waals surface area (Å²) in [7, 11) is 0. The van der Waals surface area contributed by atoms with Gasteiger partial charge in [-0.3, -0.25) is 4.79 Å². The van der Waals surface area contributed by atoms with Crippen molar-refractivity contribution in [2.45, 2.75) is 39.5 Å². The van der Waals surface area contributed by atoms with E-state index in [1.54, 1.807) is 0 Å². The number of rotatable bonds is 7. The Hall–Kier alpha value is -2.73. The van der Waals surface area contributed by atoms with Crippen LogP contribution in [0.3, 0.4) is 0 Å². The number of ether oxygens (including phenoxy) is 3. The van der Waals surface area contributed by atoms with Gasteiger partial charge in [-0.15, -0.1) is 0 Å². The number of aryl methyl sites for hydroxylation is 2. The minimum Gasteiger partial charge on any atom is -0.492 e. The number of nitrogens with zero attached hydrogens (tertiary/aromatic N) is 1. The molecule has 2 aromatic carbocycles. The number of amides is 1. The van der Waals surface area contributed by atoms with Crippen molar-refractivity contribution in [3.8, 4) is 11.5 Å². The molecule has 1 aliphatic heterocycles. The van der Waals surface area contributed by atoms with Crippen LogP contribution in [0.15, 0.2) is 30.3 Å². The molecular formula is C25H32N2O4. The number of fused-ring (bicyclic) bond motifs is 1. The predicted molar refractivity (Wildman–Crippen MR) is 123 cm³/mol. The highest BCUT2D eigenvalue weighted by molar-refractivity contribution is 6.05. The molecule has 1 heterocycles. The normalized spacial score (nSPS) is 15.9. The average Bonchev–Trinajstić information content (AvgIpc) is 2.81. The molecule has 6 heteroatoms. The number of carbonyl (C=O) groups is 1. The summed E-state index contributed by atoms with van der Waals surface area (Å²) in [4.78, 5) is 15.3. The molecule has 166 valence electrons. The third-order valence-corrected chi connectivity index (χ3v) is 5.87. The lowest BCUT2D eigenvalue weighted by Gasteiger charge is -2.31. The molecule has 0 radical (unpaired) electrons. The van der Waals surface area contributed by atoms with Gasteiger partial charge in [0.15, 0.2) is 0 Å². The summed E-state index contributed by atoms with van der Waals surface area (Å²) in [6.45, 7) is 7.93. The average molecular weight is 425 g/mol. The highest BCUT2D eigenvalue weighted by atomic mass is 16.5. The standard InChI is InChI=1S/C25H32N2O4/c1-3-30-23-17-22(27-11-13-29-14-12-27)24(31-4-2)16-21(23)26-25(28)20-10-9-18-7-5-6-8-19(18)15-20/h9-10,15-17H,3-8,11-14H2,1-2H3,(H,26,28). The Morgan fingerprint density at radius 2 is 1.68 bits per heavy atom. The highest BCUT2D eigenvalue weighted by Crippen LogP contribution is 2.39. The maximum absolute atomic E-state index is 13.1. The van der Waals surface area contributed by atoms with Gasteiger partial charge in [0, 0.05) is 30.8 Å². The molecule has 0 spiro atoms. The molecule has 1 saturated heterocycles. The third-order valence-electron chi connectivity index (χ3n) is 5.87. The largest absolute Gasteiger partial charge is 0.492 e. The molecule has 1 amide bonds. The Morgan fingerprint density at radius 1 is 0.968 bits per heavy atom. The maximum atomic E-state index is 13.1. The van der Waals surface area contributed by atoms with Crippen molar-refractivity contribution >= 4 is 17.3 Å². The fraction of sp³-hybridized carbons (Fsp3) is 0.480. The van der Waals surface area contributed by atoms with Crippen LogP contribution in [0.2, 0.25) is 0 Å². The van der Waals surface area contributed by atoms with Gasteiger partial charge in [0.25, 0.3) is 5.91 Å². The minimum absolute atomic E-state index is 0.129. The first-order valence-corrected chi connectivity index (χ1v) is 11.4. The Kier molecular flexibility index (Phi) is 6.97. The first-order chi connectivity index (χ1) is 15.2. The lowest BCUT2D eigenvalue weighted by Crippen LogP contribution is -2.36. The summed E-state index contributed by atoms with van der Waals surface area (Å²) in [5.41, 5.74) is 4.94. The van der Waals surface area contributed by atoms with Gasteiger partial charge in [0.2, 0.25) is 0 Å². The first-order valence-electron chi connectivity index (χ1n) is 11.4. The number of benzene rings is 2. The van der Waals surface area contributed by atoms with Crippen LogP contribution in [0.5, 0.6) is 11.5 Å². The molecule has 1 aliphatic carbocycles. The van der Waals surface area contributed by atoms with Crippen molar-refractivity contribution in [3.63, 3.8) is 0 Å². The molecule has 0 saturated carbocycles. The fourth-order valence-corrected chi connectivity index (χ4v) is 4.31. The number of carbonyl (C=O) groups excluding carboxylic acids is 1. The molecule has 2 aliphatic rings. The van der Waals surface area contributed by atoms with E-state index in [1.165, 1.54) is 24.0 Å². The second kappa shape index (κ2) is 10.1. The Balaban J connectivity index is 1.63. The number of nitrogens with one attached hydrogen (secondary N) is 1. The zero-order valence-electron chi connectivity index (χ0n) is 18.5. The highest BCUT2D eigenvalue weighted by Gasteiger charge is 2.21. The predicted octanol–water partition coefficient (Wildman–Crippen LogP) is 4.45. The summed E-state index contributed by atoms with van der Waals surface area (Å²) < 4.78 is 17.3. The quantitative estimate of drug-likeness (QED) is 0.712. The van der Waals surface area contributed by atoms with Gasteiger partial charge >= 0.3 is 0 Å². The second-order valence-electron chi connectivity index (χ2n) is 7.93. The smallest absolute Gasteiger partial charge is 0.255 e. The van der Waals surface area contributed by atoms with Gasteiger partial charge < -0.3 is 24.4 Å². The van der Waals surface area contributed by atoms with Crippen molar-refractivity contribution in [1.82, 2.24) is 0 Å². The van der Waals surface area contributed by atoms with E-state index in [2.05, 4.69) is 16.3 Å². The van der Waals surface area contributed by atoms with Crippen LogP contribution in [0.25, 0.3) is 0 Å². The lowest BCUT2D eigenvalue weighted by atomic mass is 9.90. The SMILES string of the molecule is CCOc1cc(N2CCOCC2)c(OCC)cc1NC(=O)c1ccc2c(c1)CCCC2. The van der Waals surface area contributed by atoms with E-state index < -0.39 is 0 Å². The summed E-state index contributed by atoms with van der Waals surface area (Å²) >= 11 is 0. The van der Waals surface area contributed by atoms with E-state index in [9.17, 15) is 4.79 Å². The van der Waals surface area contributed by atoms with Crippen LogP contribution in [0.1, 0.15) is 48.2 Å². The van der Waals surface area contributed by atoms with Crippen molar-refractivity contribution < 1.29 is 19.0 Å². The van der Waals surface area contributed by atoms with E-state index in [4.69, 9.17) is 14.2 Å². The van der Waals surface area contributed by atoms with Crippen LogP contribution >= 0.6 is 0 Å². The maximum Gasteiger partial charge on any atom is 0.255 e. The molecule has 2 aromatic rings. The molecule has 0 aromatic heterocycles. The van der Waals surface area contributed by atoms with E-state index >= 15 is 0 Å². The van der Waals surface area contributed by atoms with Crippen LogP contribution in [0, 0.1) is 0 Å². The zero-order valence-corrected chi connectivity index (χ0v) is 18.5. The number of hydrogen-bond donors (Lipinski definition) is 1. The molecule has 0 atom stereocenters. The zero-order chi connectivity index (χ0) is 21.6. The summed E-state index contributed by atoms with van der Waals surface area (Å²) in [6.07, 6.45) is 4.56. The molecule has 0 bridgehead atoms. The monoisotopic (exact) mass is 424 g/mol. The molecule has 1 fully saturated rings. The third kappa shape index (κ3) is 4.96. The van der Waals surface area contributed by atoms with E-state index in [-0.39, 0.29) is 5.91 Å². The van der Waals surface area contributed by atoms with Gasteiger partial charge in [0.1, 0.15) is 11.5 Å². The Morgan fingerprint density at radius 3 is 2.42 bits per heavy atom. The number of morpholine rings is 1. The van der Waals surface area contributed by atoms with E-state index in [1.807, 2.05) is 38.1 Å². The van der Waals surface area contributed by atoms with Crippen LogP contribution < -0.4 is 19.7 Å². The van der Waals surface area contributed by atoms with E-state index in [0.717, 1.165) is 37.4 Å². The minimum atomic E-state index is -0.129. The molecule has 6 nitrogen and oxygen atoms in total. The Labute approximate surface area is 184 Å². The number of anilines is 2. The van der Waals surface area contributed by atoms with Crippen molar-refractivity contribution in [3.05, 3.63) is 47.0 Å². The van der Waals surface area contributed by atoms with Gasteiger partial charge in [0.05, 0.1) is 37.8 Å². The second-order valence-corrected chi connectivity index (χ2v) is 7.93. The molecule has 1 N–H and O–H groups in total. The molecule has 0 unspecified atom stereocenters. The lowest BCUT2D eigenvalue weighted by molar-refractivity contribution is 0.102. The molecule has 4 rings (SSSR count). The summed E-state index contributed by atoms with van der Waals surface area (Å²) in [6, 6.07) is 9.92. The molecular weight excluding hydrogens is 392 g/mol. The van der Waals surface area contributed by atoms with Gasteiger partial charge in [-0.25, -0.2) is 0 Å². The topological polar surface area (TPSA) is 60.0 Å². The van der Waals surface area contributed by atoms with E-state index in [0.29, 0.717) is 43.4 Å². The summed E-state index contributed by atoms with van der Waals surface area (Å²) in [5.74, 6) is 1.27. The van der Waals surface area contributed by atoms with Gasteiger partial charge in [-0.1, -0.05) is 6.07 Å². The fourth-order valence-electron chi connectivity index (χ4n) is 4.31. The van der Waals surface area contributed by atoms with Crippen molar-refractivity contribution in [2.24, 2.45) is 0 Å². The molecule has 31 heavy (non-hydrogen) atoms. The van der Waals surface area contributed by atoms with Crippen LogP contribution in [0.4, 0.5) is 11.4 Å². The van der Waals surface area contributed by atoms with Gasteiger partial charge in [-0.05, 0) is 62.8 Å². The Bertz CT molecular complexity index is 922. The van der Waals surface area contributed by atoms with Crippen LogP contribution in [-0.4, -0.2) is 45.4 Å². The first kappa shape index (κ1) is 21.5. The number of hydrogen-bond acceptors (Lipinski definition) is 5. The van der Waals surface area contributed by atoms with Crippen molar-refractivity contribution in [2.75, 3.05) is 49.7 Å². The van der Waals surface area contributed by atoms with Crippen molar-refractivity contribution in [1.29, 1.82) is 0 Å². The van der Waals surface area contributed by atoms with Crippen LogP contribution in [-0.2, 0) is 17.6 Å². The van der Waals surface area contributed by atoms with Gasteiger partial charge in [-0.2, -0.15) is 0 Å².